The molecule has 0 atom stereocenters. The summed E-state index contributed by atoms with van der Waals surface area (Å²) in [4.78, 5) is 49.4. The highest BCUT2D eigenvalue weighted by atomic mass is 16.5. The average Bonchev–Trinajstić information content (AvgIpc) is 3.08. The predicted molar refractivity (Wildman–Crippen MR) is 181 cm³/mol. The molecule has 4 N–H and O–H groups in total. The van der Waals surface area contributed by atoms with Gasteiger partial charge >= 0.3 is 11.3 Å². The minimum absolute atomic E-state index is 0.133. The van der Waals surface area contributed by atoms with Crippen LogP contribution in [0, 0.1) is 6.92 Å². The summed E-state index contributed by atoms with van der Waals surface area (Å²) in [5, 5.41) is 37.3. The van der Waals surface area contributed by atoms with Crippen molar-refractivity contribution in [1.82, 2.24) is 9.80 Å². The van der Waals surface area contributed by atoms with Gasteiger partial charge in [0.2, 0.25) is 11.8 Å². The summed E-state index contributed by atoms with van der Waals surface area (Å²) in [7, 11) is 0. The van der Waals surface area contributed by atoms with E-state index < -0.39 is 11.3 Å². The number of benzene rings is 2. The van der Waals surface area contributed by atoms with E-state index in [2.05, 4.69) is 0 Å². The van der Waals surface area contributed by atoms with Crippen LogP contribution in [0.1, 0.15) is 31.2 Å². The molecular weight excluding hydrogens is 640 g/mol. The Balaban J connectivity index is 0.000000266. The second kappa shape index (κ2) is 20.6. The molecule has 14 nitrogen and oxygen atoms in total. The first-order valence-corrected chi connectivity index (χ1v) is 16.0. The van der Waals surface area contributed by atoms with Crippen LogP contribution in [-0.4, -0.2) is 108 Å². The molecule has 0 bridgehead atoms. The number of fused-ring (bicyclic) bond motifs is 2. The van der Waals surface area contributed by atoms with E-state index in [0.717, 1.165) is 16.3 Å². The van der Waals surface area contributed by atoms with Crippen LogP contribution in [-0.2, 0) is 9.59 Å². The third kappa shape index (κ3) is 12.7. The van der Waals surface area contributed by atoms with Gasteiger partial charge in [0, 0.05) is 74.1 Å². The molecule has 0 radical (unpaired) electrons. The van der Waals surface area contributed by atoms with Gasteiger partial charge in [-0.2, -0.15) is 0 Å². The summed E-state index contributed by atoms with van der Waals surface area (Å²) in [6.07, 6.45) is 1.54. The van der Waals surface area contributed by atoms with Crippen LogP contribution in [0.4, 0.5) is 0 Å². The van der Waals surface area contributed by atoms with Crippen molar-refractivity contribution >= 4 is 33.8 Å². The fraction of sp³-hybridized carbons (Fsp3) is 0.429. The largest absolute Gasteiger partial charge is 0.493 e. The monoisotopic (exact) mass is 684 g/mol. The number of amides is 2. The van der Waals surface area contributed by atoms with Crippen molar-refractivity contribution in [1.29, 1.82) is 0 Å². The highest BCUT2D eigenvalue weighted by Gasteiger charge is 2.13. The van der Waals surface area contributed by atoms with Crippen molar-refractivity contribution in [2.45, 2.75) is 32.6 Å². The zero-order valence-electron chi connectivity index (χ0n) is 27.5. The summed E-state index contributed by atoms with van der Waals surface area (Å²) in [6.45, 7) is 2.82. The fourth-order valence-corrected chi connectivity index (χ4v) is 4.87. The van der Waals surface area contributed by atoms with Crippen LogP contribution >= 0.6 is 0 Å². The van der Waals surface area contributed by atoms with Gasteiger partial charge in [-0.05, 0) is 55.7 Å². The molecule has 4 rings (SSSR count). The highest BCUT2D eigenvalue weighted by molar-refractivity contribution is 5.81. The number of carbonyl (C=O) groups is 2. The first-order chi connectivity index (χ1) is 23.7. The van der Waals surface area contributed by atoms with E-state index in [0.29, 0.717) is 48.7 Å². The molecule has 0 aliphatic carbocycles. The van der Waals surface area contributed by atoms with Gasteiger partial charge in [-0.15, -0.1) is 0 Å². The number of carbonyl (C=O) groups excluding carboxylic acids is 2. The average molecular weight is 685 g/mol. The Hall–Kier alpha value is -4.76. The van der Waals surface area contributed by atoms with Gasteiger partial charge in [0.1, 0.15) is 22.7 Å². The number of hydrogen-bond acceptors (Lipinski definition) is 12. The summed E-state index contributed by atoms with van der Waals surface area (Å²) in [6, 6.07) is 15.0. The van der Waals surface area contributed by atoms with Crippen LogP contribution in [0.25, 0.3) is 21.9 Å². The zero-order chi connectivity index (χ0) is 35.6. The molecule has 14 heteroatoms. The lowest BCUT2D eigenvalue weighted by atomic mass is 10.1. The number of hydrogen-bond donors (Lipinski definition) is 4. The molecule has 0 fully saturated rings. The highest BCUT2D eigenvalue weighted by Crippen LogP contribution is 2.22. The second-order valence-electron chi connectivity index (χ2n) is 10.9. The van der Waals surface area contributed by atoms with E-state index in [4.69, 9.17) is 38.7 Å². The summed E-state index contributed by atoms with van der Waals surface area (Å²) >= 11 is 0. The molecule has 49 heavy (non-hydrogen) atoms. The molecule has 2 heterocycles. The first-order valence-electron chi connectivity index (χ1n) is 16.0. The summed E-state index contributed by atoms with van der Waals surface area (Å²) in [5.41, 5.74) is 0.943. The lowest BCUT2D eigenvalue weighted by molar-refractivity contribution is -0.133. The third-order valence-electron chi connectivity index (χ3n) is 7.31. The van der Waals surface area contributed by atoms with Gasteiger partial charge in [-0.25, -0.2) is 9.59 Å². The molecule has 0 aliphatic rings. The predicted octanol–water partition coefficient (Wildman–Crippen LogP) is 1.84. The van der Waals surface area contributed by atoms with E-state index in [1.165, 1.54) is 21.9 Å². The molecule has 0 aliphatic heterocycles. The van der Waals surface area contributed by atoms with Crippen LogP contribution in [0.2, 0.25) is 0 Å². The van der Waals surface area contributed by atoms with Crippen molar-refractivity contribution < 1.29 is 48.3 Å². The van der Waals surface area contributed by atoms with Crippen molar-refractivity contribution in [3.63, 3.8) is 0 Å². The molecule has 0 spiro atoms. The molecule has 0 unspecified atom stereocenters. The first kappa shape index (κ1) is 38.7. The van der Waals surface area contributed by atoms with E-state index in [1.54, 1.807) is 36.4 Å². The van der Waals surface area contributed by atoms with Crippen molar-refractivity contribution in [2.75, 3.05) is 65.8 Å². The number of aliphatic hydroxyl groups excluding tert-OH is 4. The van der Waals surface area contributed by atoms with Gasteiger partial charge in [-0.1, -0.05) is 0 Å². The summed E-state index contributed by atoms with van der Waals surface area (Å²) in [5.74, 6) is 0.862. The lowest BCUT2D eigenvalue weighted by Gasteiger charge is -2.20. The smallest absolute Gasteiger partial charge is 0.336 e. The fourth-order valence-electron chi connectivity index (χ4n) is 4.87. The number of ether oxygens (including phenoxy) is 2. The Morgan fingerprint density at radius 1 is 0.633 bits per heavy atom. The topological polar surface area (TPSA) is 200 Å². The maximum Gasteiger partial charge on any atom is 0.336 e. The Morgan fingerprint density at radius 3 is 1.63 bits per heavy atom. The van der Waals surface area contributed by atoms with Gasteiger partial charge in [-0.3, -0.25) is 9.59 Å². The molecule has 2 amide bonds. The standard InChI is InChI=1S/C18H23NO6.C17H21NO6/c1-13-11-18(23)25-16-12-14(4-5-15(13)16)24-10-2-3-17(22)19(6-8-20)7-9-21;19-9-7-18(8-10-20)16(21)2-1-11-23-14-5-3-13-4-6-17(22)24-15(13)12-14/h4-5,11-12,20-21H,2-3,6-10H2,1H3;3-6,12,19-20H,1-2,7-11H2. The maximum atomic E-state index is 12.0. The lowest BCUT2D eigenvalue weighted by Crippen LogP contribution is -2.35. The summed E-state index contributed by atoms with van der Waals surface area (Å²) < 4.78 is 21.4. The number of nitrogens with zero attached hydrogens (tertiary/aromatic N) is 2. The van der Waals surface area contributed by atoms with Crippen LogP contribution in [0.5, 0.6) is 11.5 Å². The Bertz CT molecular complexity index is 1740. The normalized spacial score (nSPS) is 10.8. The number of aryl methyl sites for hydroxylation is 1. The second-order valence-corrected chi connectivity index (χ2v) is 10.9. The molecule has 0 saturated carbocycles. The van der Waals surface area contributed by atoms with Gasteiger partial charge in [0.25, 0.3) is 0 Å². The zero-order valence-corrected chi connectivity index (χ0v) is 27.5. The quantitative estimate of drug-likeness (QED) is 0.0877. The molecule has 2 aromatic heterocycles. The molecular formula is C35H44N2O12. The van der Waals surface area contributed by atoms with Crippen molar-refractivity contribution in [3.05, 3.63) is 81.0 Å². The van der Waals surface area contributed by atoms with Crippen molar-refractivity contribution in [2.24, 2.45) is 0 Å². The van der Waals surface area contributed by atoms with E-state index in [9.17, 15) is 19.2 Å². The van der Waals surface area contributed by atoms with E-state index in [1.807, 2.05) is 13.0 Å². The van der Waals surface area contributed by atoms with E-state index in [-0.39, 0.29) is 77.3 Å². The molecule has 2 aromatic carbocycles. The number of aliphatic hydroxyl groups is 4. The Morgan fingerprint density at radius 2 is 1.10 bits per heavy atom. The Kier molecular flexibility index (Phi) is 16.2. The van der Waals surface area contributed by atoms with Crippen LogP contribution < -0.4 is 20.7 Å². The van der Waals surface area contributed by atoms with Crippen molar-refractivity contribution in [3.8, 4) is 11.5 Å². The van der Waals surface area contributed by atoms with E-state index >= 15 is 0 Å². The minimum atomic E-state index is -0.418. The SMILES string of the molecule is Cc1cc(=O)oc2cc(OCCCC(=O)N(CCO)CCO)ccc12.O=C(CCCOc1ccc2ccc(=O)oc2c1)N(CCO)CCO. The van der Waals surface area contributed by atoms with Crippen LogP contribution in [0.3, 0.4) is 0 Å². The molecule has 0 saturated heterocycles. The third-order valence-corrected chi connectivity index (χ3v) is 7.31. The molecule has 266 valence electrons. The maximum absolute atomic E-state index is 12.0. The van der Waals surface area contributed by atoms with Crippen LogP contribution in [0.15, 0.2) is 73.0 Å². The minimum Gasteiger partial charge on any atom is -0.493 e. The van der Waals surface area contributed by atoms with Gasteiger partial charge < -0.3 is 48.5 Å². The molecule has 4 aromatic rings. The number of rotatable bonds is 18. The van der Waals surface area contributed by atoms with Gasteiger partial charge in [0.15, 0.2) is 0 Å². The Labute approximate surface area is 282 Å². The van der Waals surface area contributed by atoms with Gasteiger partial charge in [0.05, 0.1) is 39.6 Å².